The monoisotopic (exact) mass is 769 g/mol. The van der Waals surface area contributed by atoms with Crippen molar-refractivity contribution in [1.82, 2.24) is 15.0 Å². The summed E-state index contributed by atoms with van der Waals surface area (Å²) in [5, 5.41) is 0. The Kier molecular flexibility index (Phi) is 9.08. The molecule has 1 saturated carbocycles. The van der Waals surface area contributed by atoms with Crippen LogP contribution in [0.3, 0.4) is 0 Å². The summed E-state index contributed by atoms with van der Waals surface area (Å²) in [5.74, 6) is 1.94. The summed E-state index contributed by atoms with van der Waals surface area (Å²) in [7, 11) is 0. The molecule has 0 aliphatic heterocycles. The second-order valence-corrected chi connectivity index (χ2v) is 16.3. The lowest BCUT2D eigenvalue weighted by atomic mass is 9.66. The summed E-state index contributed by atoms with van der Waals surface area (Å²) in [6, 6.07) is 71.8. The summed E-state index contributed by atoms with van der Waals surface area (Å²) in [6.07, 6.45) is 6.34. The van der Waals surface area contributed by atoms with Gasteiger partial charge in [-0.2, -0.15) is 0 Å². The van der Waals surface area contributed by atoms with Gasteiger partial charge in [-0.1, -0.05) is 201 Å². The Morgan fingerprint density at radius 2 is 0.683 bits per heavy atom. The quantitative estimate of drug-likeness (QED) is 0.162. The molecule has 9 aromatic rings. The van der Waals surface area contributed by atoms with Crippen molar-refractivity contribution in [3.05, 3.63) is 211 Å². The van der Waals surface area contributed by atoms with Gasteiger partial charge in [0.05, 0.1) is 0 Å². The SMILES string of the molecule is c1ccc(-c2cccc(-c3nc(-c4ccccc4)nc(-c4cccc(-c5ccc(-c6cccc(-c7cccc8c7C7(CCCCC7)c7ccccc7-8)c6)cc5)c4)n3)c2)cc1. The molecule has 1 fully saturated rings. The fourth-order valence-corrected chi connectivity index (χ4v) is 9.86. The van der Waals surface area contributed by atoms with E-state index in [0.717, 1.165) is 38.9 Å². The van der Waals surface area contributed by atoms with Crippen LogP contribution >= 0.6 is 0 Å². The van der Waals surface area contributed by atoms with Gasteiger partial charge in [0.25, 0.3) is 0 Å². The van der Waals surface area contributed by atoms with Gasteiger partial charge in [-0.3, -0.25) is 0 Å². The molecule has 3 nitrogen and oxygen atoms in total. The van der Waals surface area contributed by atoms with Crippen LogP contribution in [0.5, 0.6) is 0 Å². The van der Waals surface area contributed by atoms with E-state index in [-0.39, 0.29) is 5.41 Å². The molecular formula is C57H43N3. The summed E-state index contributed by atoms with van der Waals surface area (Å²) in [6.45, 7) is 0. The molecule has 1 heterocycles. The summed E-state index contributed by atoms with van der Waals surface area (Å²) in [4.78, 5) is 15.1. The number of fused-ring (bicyclic) bond motifs is 5. The zero-order chi connectivity index (χ0) is 39.9. The van der Waals surface area contributed by atoms with Crippen LogP contribution in [-0.4, -0.2) is 15.0 Å². The van der Waals surface area contributed by atoms with Crippen LogP contribution in [0, 0.1) is 0 Å². The van der Waals surface area contributed by atoms with Crippen LogP contribution in [-0.2, 0) is 5.41 Å². The van der Waals surface area contributed by atoms with Crippen LogP contribution in [0.1, 0.15) is 43.2 Å². The van der Waals surface area contributed by atoms with Crippen LogP contribution in [0.25, 0.3) is 89.8 Å². The predicted octanol–water partition coefficient (Wildman–Crippen LogP) is 14.8. The lowest BCUT2D eigenvalue weighted by molar-refractivity contribution is 0.353. The van der Waals surface area contributed by atoms with Crippen molar-refractivity contribution in [2.24, 2.45) is 0 Å². The number of hydrogen-bond donors (Lipinski definition) is 0. The van der Waals surface area contributed by atoms with Gasteiger partial charge in [-0.25, -0.2) is 15.0 Å². The van der Waals surface area contributed by atoms with Gasteiger partial charge in [-0.15, -0.1) is 0 Å². The van der Waals surface area contributed by atoms with Crippen LogP contribution in [0.15, 0.2) is 200 Å². The highest BCUT2D eigenvalue weighted by molar-refractivity contribution is 5.89. The summed E-state index contributed by atoms with van der Waals surface area (Å²) in [5.41, 5.74) is 18.5. The number of rotatable bonds is 7. The van der Waals surface area contributed by atoms with E-state index in [9.17, 15) is 0 Å². The minimum absolute atomic E-state index is 0.104. The molecule has 1 aromatic heterocycles. The lowest BCUT2D eigenvalue weighted by Crippen LogP contribution is -2.28. The standard InChI is InChI=1S/C57H43N3/c1-4-16-39(17-5-1)44-21-13-24-47(37-44)55-58-54(42-18-6-2-7-19-42)59-56(60-55)48-25-14-22-45(38-48)41-32-30-40(31-33-41)43-20-12-23-46(36-43)49-27-15-28-51-50-26-8-9-29-52(50)57(53(49)51)34-10-3-11-35-57/h1-2,4-9,12-33,36-38H,3,10-11,34-35H2. The van der Waals surface area contributed by atoms with Gasteiger partial charge in [0.2, 0.25) is 0 Å². The number of benzene rings is 8. The molecule has 8 aromatic carbocycles. The van der Waals surface area contributed by atoms with Gasteiger partial charge < -0.3 is 0 Å². The number of aromatic nitrogens is 3. The maximum atomic E-state index is 5.09. The van der Waals surface area contributed by atoms with Gasteiger partial charge in [-0.05, 0) is 97.8 Å². The maximum absolute atomic E-state index is 5.09. The van der Waals surface area contributed by atoms with E-state index in [2.05, 4.69) is 176 Å². The van der Waals surface area contributed by atoms with E-state index in [1.807, 2.05) is 24.3 Å². The van der Waals surface area contributed by atoms with E-state index < -0.39 is 0 Å². The Balaban J connectivity index is 0.923. The molecule has 3 heteroatoms. The van der Waals surface area contributed by atoms with Gasteiger partial charge in [0, 0.05) is 22.1 Å². The molecule has 2 aliphatic rings. The van der Waals surface area contributed by atoms with Gasteiger partial charge in [0.1, 0.15) is 0 Å². The third-order valence-electron chi connectivity index (χ3n) is 12.7. The first kappa shape index (κ1) is 35.9. The number of hydrogen-bond acceptors (Lipinski definition) is 3. The van der Waals surface area contributed by atoms with Crippen molar-refractivity contribution in [1.29, 1.82) is 0 Å². The molecule has 1 spiro atoms. The molecule has 60 heavy (non-hydrogen) atoms. The first-order chi connectivity index (χ1) is 29.7. The highest BCUT2D eigenvalue weighted by Gasteiger charge is 2.45. The molecule has 0 unspecified atom stereocenters. The minimum atomic E-state index is 0.104. The van der Waals surface area contributed by atoms with Crippen molar-refractivity contribution in [2.45, 2.75) is 37.5 Å². The highest BCUT2D eigenvalue weighted by atomic mass is 15.0. The van der Waals surface area contributed by atoms with E-state index in [1.165, 1.54) is 71.0 Å². The molecule has 0 saturated heterocycles. The Morgan fingerprint density at radius 3 is 1.28 bits per heavy atom. The molecular weight excluding hydrogens is 727 g/mol. The van der Waals surface area contributed by atoms with E-state index in [4.69, 9.17) is 15.0 Å². The Labute approximate surface area is 352 Å². The second-order valence-electron chi connectivity index (χ2n) is 16.3. The topological polar surface area (TPSA) is 38.7 Å². The van der Waals surface area contributed by atoms with Gasteiger partial charge >= 0.3 is 0 Å². The van der Waals surface area contributed by atoms with Crippen LogP contribution < -0.4 is 0 Å². The smallest absolute Gasteiger partial charge is 0.164 e. The highest BCUT2D eigenvalue weighted by Crippen LogP contribution is 2.58. The Bertz CT molecular complexity index is 3000. The fourth-order valence-electron chi connectivity index (χ4n) is 9.86. The van der Waals surface area contributed by atoms with E-state index in [1.54, 1.807) is 5.56 Å². The van der Waals surface area contributed by atoms with Crippen molar-refractivity contribution in [2.75, 3.05) is 0 Å². The molecule has 0 radical (unpaired) electrons. The van der Waals surface area contributed by atoms with Crippen molar-refractivity contribution >= 4 is 0 Å². The summed E-state index contributed by atoms with van der Waals surface area (Å²) >= 11 is 0. The Morgan fingerprint density at radius 1 is 0.283 bits per heavy atom. The average Bonchev–Trinajstić information content (AvgIpc) is 3.60. The minimum Gasteiger partial charge on any atom is -0.208 e. The zero-order valence-corrected chi connectivity index (χ0v) is 33.4. The third kappa shape index (κ3) is 6.44. The largest absolute Gasteiger partial charge is 0.208 e. The Hall–Kier alpha value is -7.23. The molecule has 11 rings (SSSR count). The zero-order valence-electron chi connectivity index (χ0n) is 33.4. The van der Waals surface area contributed by atoms with Crippen LogP contribution in [0.2, 0.25) is 0 Å². The molecule has 286 valence electrons. The summed E-state index contributed by atoms with van der Waals surface area (Å²) < 4.78 is 0. The molecule has 0 N–H and O–H groups in total. The average molecular weight is 770 g/mol. The van der Waals surface area contributed by atoms with Crippen molar-refractivity contribution in [3.63, 3.8) is 0 Å². The van der Waals surface area contributed by atoms with E-state index in [0.29, 0.717) is 17.5 Å². The van der Waals surface area contributed by atoms with Crippen molar-refractivity contribution < 1.29 is 0 Å². The molecule has 0 bridgehead atoms. The predicted molar refractivity (Wildman–Crippen MR) is 247 cm³/mol. The van der Waals surface area contributed by atoms with Crippen LogP contribution in [0.4, 0.5) is 0 Å². The molecule has 0 amide bonds. The van der Waals surface area contributed by atoms with Gasteiger partial charge in [0.15, 0.2) is 17.5 Å². The lowest BCUT2D eigenvalue weighted by Gasteiger charge is -2.37. The maximum Gasteiger partial charge on any atom is 0.164 e. The second kappa shape index (κ2) is 15.2. The molecule has 2 aliphatic carbocycles. The first-order valence-corrected chi connectivity index (χ1v) is 21.2. The fraction of sp³-hybridized carbons (Fsp3) is 0.105. The van der Waals surface area contributed by atoms with Crippen molar-refractivity contribution in [3.8, 4) is 89.8 Å². The third-order valence-corrected chi connectivity index (χ3v) is 12.7. The number of nitrogens with zero attached hydrogens (tertiary/aromatic N) is 3. The first-order valence-electron chi connectivity index (χ1n) is 21.2. The normalized spacial score (nSPS) is 13.8. The molecule has 0 atom stereocenters. The van der Waals surface area contributed by atoms with E-state index >= 15 is 0 Å².